The van der Waals surface area contributed by atoms with Gasteiger partial charge in [0, 0.05) is 6.54 Å². The van der Waals surface area contributed by atoms with Crippen LogP contribution in [0.3, 0.4) is 0 Å². The molecule has 0 heterocycles. The summed E-state index contributed by atoms with van der Waals surface area (Å²) in [6.45, 7) is -0.0733. The summed E-state index contributed by atoms with van der Waals surface area (Å²) in [6, 6.07) is 3.75. The van der Waals surface area contributed by atoms with Gasteiger partial charge in [0.05, 0.1) is 11.1 Å². The highest BCUT2D eigenvalue weighted by Gasteiger charge is 2.17. The van der Waals surface area contributed by atoms with E-state index in [0.717, 1.165) is 6.07 Å². The van der Waals surface area contributed by atoms with E-state index in [-0.39, 0.29) is 11.6 Å². The first-order chi connectivity index (χ1) is 6.56. The summed E-state index contributed by atoms with van der Waals surface area (Å²) in [6.07, 6.45) is -2.21. The van der Waals surface area contributed by atoms with Crippen molar-refractivity contribution >= 4 is 11.6 Å². The molecule has 0 aliphatic heterocycles. The second kappa shape index (κ2) is 4.70. The van der Waals surface area contributed by atoms with E-state index in [1.165, 1.54) is 12.1 Å². The Morgan fingerprint density at radius 1 is 1.43 bits per heavy atom. The molecule has 5 heteroatoms. The van der Waals surface area contributed by atoms with Crippen molar-refractivity contribution in [2.75, 3.05) is 6.54 Å². The van der Waals surface area contributed by atoms with Crippen molar-refractivity contribution in [3.63, 3.8) is 0 Å². The van der Waals surface area contributed by atoms with Crippen molar-refractivity contribution in [2.45, 2.75) is 12.2 Å². The molecule has 1 rings (SSSR count). The Hall–Kier alpha value is -0.680. The van der Waals surface area contributed by atoms with Gasteiger partial charge in [-0.05, 0) is 17.7 Å². The molecule has 2 atom stereocenters. The van der Waals surface area contributed by atoms with Gasteiger partial charge >= 0.3 is 0 Å². The van der Waals surface area contributed by atoms with E-state index >= 15 is 0 Å². The minimum Gasteiger partial charge on any atom is -0.389 e. The number of rotatable bonds is 3. The van der Waals surface area contributed by atoms with Crippen LogP contribution < -0.4 is 5.73 Å². The molecule has 0 fully saturated rings. The van der Waals surface area contributed by atoms with Crippen molar-refractivity contribution in [2.24, 2.45) is 5.73 Å². The lowest BCUT2D eigenvalue weighted by Crippen LogP contribution is -2.27. The molecule has 0 bridgehead atoms. The van der Waals surface area contributed by atoms with Gasteiger partial charge in [-0.3, -0.25) is 0 Å². The van der Waals surface area contributed by atoms with Gasteiger partial charge in [0.1, 0.15) is 11.9 Å². The predicted molar refractivity (Wildman–Crippen MR) is 51.4 cm³/mol. The summed E-state index contributed by atoms with van der Waals surface area (Å²) in [5.41, 5.74) is 5.50. The third-order valence-corrected chi connectivity index (χ3v) is 2.18. The van der Waals surface area contributed by atoms with Crippen LogP contribution >= 0.6 is 11.6 Å². The van der Waals surface area contributed by atoms with Gasteiger partial charge in [0.15, 0.2) is 0 Å². The Balaban J connectivity index is 2.91. The molecule has 1 aromatic carbocycles. The van der Waals surface area contributed by atoms with E-state index < -0.39 is 18.0 Å². The topological polar surface area (TPSA) is 66.5 Å². The summed E-state index contributed by atoms with van der Waals surface area (Å²) < 4.78 is 12.7. The molecule has 1 aromatic rings. The van der Waals surface area contributed by atoms with Crippen molar-refractivity contribution < 1.29 is 14.6 Å². The van der Waals surface area contributed by atoms with E-state index in [1.54, 1.807) is 0 Å². The molecule has 0 spiro atoms. The summed E-state index contributed by atoms with van der Waals surface area (Å²) in [5, 5.41) is 18.6. The fourth-order valence-electron chi connectivity index (χ4n) is 1.05. The average Bonchev–Trinajstić information content (AvgIpc) is 2.20. The highest BCUT2D eigenvalue weighted by Crippen LogP contribution is 2.22. The molecule has 0 aliphatic carbocycles. The van der Waals surface area contributed by atoms with Crippen LogP contribution in [0.5, 0.6) is 0 Å². The summed E-state index contributed by atoms with van der Waals surface area (Å²) >= 11 is 5.51. The smallest absolute Gasteiger partial charge is 0.141 e. The number of hydrogen-bond donors (Lipinski definition) is 3. The maximum atomic E-state index is 12.7. The Morgan fingerprint density at radius 2 is 2.07 bits per heavy atom. The number of aliphatic hydroxyl groups excluding tert-OH is 2. The molecule has 3 nitrogen and oxygen atoms in total. The zero-order valence-electron chi connectivity index (χ0n) is 7.32. The maximum Gasteiger partial charge on any atom is 0.141 e. The molecule has 0 amide bonds. The minimum atomic E-state index is -1.14. The van der Waals surface area contributed by atoms with Gasteiger partial charge in [-0.15, -0.1) is 0 Å². The largest absolute Gasteiger partial charge is 0.389 e. The lowest BCUT2D eigenvalue weighted by Gasteiger charge is -2.16. The number of aliphatic hydroxyl groups is 2. The number of halogens is 2. The van der Waals surface area contributed by atoms with Crippen LogP contribution in [-0.4, -0.2) is 22.9 Å². The molecule has 0 aliphatic rings. The molecular formula is C9H11ClFNO2. The maximum absolute atomic E-state index is 12.7. The third-order valence-electron chi connectivity index (χ3n) is 1.89. The lowest BCUT2D eigenvalue weighted by molar-refractivity contribution is 0.0243. The van der Waals surface area contributed by atoms with Crippen LogP contribution in [0.25, 0.3) is 0 Å². The molecule has 0 saturated carbocycles. The molecule has 14 heavy (non-hydrogen) atoms. The average molecular weight is 220 g/mol. The summed E-state index contributed by atoms with van der Waals surface area (Å²) in [4.78, 5) is 0. The van der Waals surface area contributed by atoms with Gasteiger partial charge in [-0.2, -0.15) is 0 Å². The van der Waals surface area contributed by atoms with E-state index in [4.69, 9.17) is 17.3 Å². The third kappa shape index (κ3) is 2.42. The Morgan fingerprint density at radius 3 is 2.57 bits per heavy atom. The SMILES string of the molecule is NCC(O)C(O)c1ccc(F)c(Cl)c1. The molecule has 0 aromatic heterocycles. The summed E-state index contributed by atoms with van der Waals surface area (Å²) in [5.74, 6) is -0.565. The van der Waals surface area contributed by atoms with Crippen molar-refractivity contribution in [1.29, 1.82) is 0 Å². The van der Waals surface area contributed by atoms with Crippen molar-refractivity contribution in [3.8, 4) is 0 Å². The van der Waals surface area contributed by atoms with E-state index in [9.17, 15) is 14.6 Å². The Labute approximate surface area is 85.9 Å². The normalized spacial score (nSPS) is 15.2. The monoisotopic (exact) mass is 219 g/mol. The lowest BCUT2D eigenvalue weighted by atomic mass is 10.0. The van der Waals surface area contributed by atoms with Gasteiger partial charge in [0.25, 0.3) is 0 Å². The molecule has 78 valence electrons. The first-order valence-corrected chi connectivity index (χ1v) is 4.45. The van der Waals surface area contributed by atoms with Crippen LogP contribution in [0.15, 0.2) is 18.2 Å². The fourth-order valence-corrected chi connectivity index (χ4v) is 1.24. The fraction of sp³-hybridized carbons (Fsp3) is 0.333. The Bertz CT molecular complexity index is 322. The first kappa shape index (κ1) is 11.4. The van der Waals surface area contributed by atoms with Crippen LogP contribution in [-0.2, 0) is 0 Å². The molecule has 0 radical (unpaired) electrons. The highest BCUT2D eigenvalue weighted by molar-refractivity contribution is 6.30. The molecule has 4 N–H and O–H groups in total. The highest BCUT2D eigenvalue weighted by atomic mass is 35.5. The zero-order chi connectivity index (χ0) is 10.7. The van der Waals surface area contributed by atoms with Gasteiger partial charge in [-0.1, -0.05) is 17.7 Å². The quantitative estimate of drug-likeness (QED) is 0.706. The number of hydrogen-bond acceptors (Lipinski definition) is 3. The number of benzene rings is 1. The van der Waals surface area contributed by atoms with Gasteiger partial charge in [-0.25, -0.2) is 4.39 Å². The second-order valence-corrected chi connectivity index (χ2v) is 3.33. The van der Waals surface area contributed by atoms with Crippen LogP contribution in [0, 0.1) is 5.82 Å². The second-order valence-electron chi connectivity index (χ2n) is 2.92. The minimum absolute atomic E-state index is 0.0733. The standard InChI is InChI=1S/C9H11ClFNO2/c10-6-3-5(1-2-7(6)11)9(14)8(13)4-12/h1-3,8-9,13-14H,4,12H2. The van der Waals surface area contributed by atoms with Crippen LogP contribution in [0.4, 0.5) is 4.39 Å². The van der Waals surface area contributed by atoms with E-state index in [2.05, 4.69) is 0 Å². The molecule has 0 saturated heterocycles. The van der Waals surface area contributed by atoms with Gasteiger partial charge < -0.3 is 15.9 Å². The van der Waals surface area contributed by atoms with Crippen molar-refractivity contribution in [1.82, 2.24) is 0 Å². The Kier molecular flexibility index (Phi) is 3.83. The zero-order valence-corrected chi connectivity index (χ0v) is 8.08. The van der Waals surface area contributed by atoms with Gasteiger partial charge in [0.2, 0.25) is 0 Å². The van der Waals surface area contributed by atoms with E-state index in [1.807, 2.05) is 0 Å². The van der Waals surface area contributed by atoms with Crippen LogP contribution in [0.1, 0.15) is 11.7 Å². The predicted octanol–water partition coefficient (Wildman–Crippen LogP) is 0.832. The van der Waals surface area contributed by atoms with Crippen molar-refractivity contribution in [3.05, 3.63) is 34.6 Å². The summed E-state index contributed by atoms with van der Waals surface area (Å²) in [7, 11) is 0. The molecular weight excluding hydrogens is 209 g/mol. The van der Waals surface area contributed by atoms with E-state index in [0.29, 0.717) is 5.56 Å². The number of nitrogens with two attached hydrogens (primary N) is 1. The first-order valence-electron chi connectivity index (χ1n) is 4.07. The van der Waals surface area contributed by atoms with Crippen LogP contribution in [0.2, 0.25) is 5.02 Å². The molecule has 2 unspecified atom stereocenters.